The van der Waals surface area contributed by atoms with Crippen LogP contribution in [0.15, 0.2) is 24.3 Å². The molecule has 0 aliphatic carbocycles. The fourth-order valence-electron chi connectivity index (χ4n) is 1.50. The number of carboxylic acid groups (broad SMARTS) is 1. The quantitative estimate of drug-likeness (QED) is 0.833. The van der Waals surface area contributed by atoms with Crippen molar-refractivity contribution in [3.63, 3.8) is 0 Å². The number of sulfonamides is 1. The lowest BCUT2D eigenvalue weighted by Crippen LogP contribution is -2.30. The third-order valence-corrected chi connectivity index (χ3v) is 3.61. The largest absolute Gasteiger partial charge is 0.516 e. The number of benzene rings is 1. The van der Waals surface area contributed by atoms with Gasteiger partial charge in [0.2, 0.25) is 0 Å². The van der Waals surface area contributed by atoms with E-state index in [0.717, 1.165) is 12.1 Å². The Balaban J connectivity index is 2.90. The molecule has 2 N–H and O–H groups in total. The zero-order valence-electron chi connectivity index (χ0n) is 10.9. The first kappa shape index (κ1) is 17.1. The first-order chi connectivity index (χ1) is 9.56. The van der Waals surface area contributed by atoms with Crippen molar-refractivity contribution in [2.75, 3.05) is 22.7 Å². The molecule has 10 heteroatoms. The number of anilines is 2. The second-order valence-electron chi connectivity index (χ2n) is 4.01. The van der Waals surface area contributed by atoms with Crippen molar-refractivity contribution in [2.45, 2.75) is 12.4 Å². The molecule has 0 heterocycles. The molecule has 118 valence electrons. The van der Waals surface area contributed by atoms with E-state index < -0.39 is 21.5 Å². The first-order valence-electron chi connectivity index (χ1n) is 5.72. The van der Waals surface area contributed by atoms with Crippen molar-refractivity contribution >= 4 is 27.4 Å². The molecule has 0 saturated carbocycles. The van der Waals surface area contributed by atoms with Crippen LogP contribution < -0.4 is 9.62 Å². The summed E-state index contributed by atoms with van der Waals surface area (Å²) in [7, 11) is -5.47. The van der Waals surface area contributed by atoms with Gasteiger partial charge in [-0.1, -0.05) is 0 Å². The number of carboxylic acids is 1. The summed E-state index contributed by atoms with van der Waals surface area (Å²) >= 11 is 0. The minimum absolute atomic E-state index is 0.262. The fourth-order valence-corrected chi connectivity index (χ4v) is 2.06. The molecular weight excluding hydrogens is 313 g/mol. The molecule has 1 aromatic rings. The summed E-state index contributed by atoms with van der Waals surface area (Å²) in [6, 6.07) is 4.92. The minimum atomic E-state index is -5.47. The number of alkyl halides is 3. The number of likely N-dealkylation sites (N-methyl/N-ethyl adjacent to an activating group) is 1. The Labute approximate surface area is 119 Å². The third kappa shape index (κ3) is 4.52. The Morgan fingerprint density at radius 1 is 1.29 bits per heavy atom. The van der Waals surface area contributed by atoms with Crippen molar-refractivity contribution < 1.29 is 31.5 Å². The van der Waals surface area contributed by atoms with E-state index in [1.54, 1.807) is 6.92 Å². The van der Waals surface area contributed by atoms with Crippen LogP contribution in [0, 0.1) is 0 Å². The predicted molar refractivity (Wildman–Crippen MR) is 70.6 cm³/mol. The summed E-state index contributed by atoms with van der Waals surface area (Å²) in [5.74, 6) is -1.06. The maximum Gasteiger partial charge on any atom is 0.516 e. The summed E-state index contributed by atoms with van der Waals surface area (Å²) in [6.45, 7) is 1.81. The summed E-state index contributed by atoms with van der Waals surface area (Å²) in [4.78, 5) is 12.1. The van der Waals surface area contributed by atoms with Crippen molar-refractivity contribution in [1.29, 1.82) is 0 Å². The number of halogens is 3. The minimum Gasteiger partial charge on any atom is -0.480 e. The van der Waals surface area contributed by atoms with Crippen LogP contribution in [0.1, 0.15) is 6.92 Å². The number of nitrogens with one attached hydrogen (secondary N) is 1. The van der Waals surface area contributed by atoms with E-state index in [0.29, 0.717) is 12.2 Å². The van der Waals surface area contributed by atoms with Gasteiger partial charge in [-0.25, -0.2) is 0 Å². The fraction of sp³-hybridized carbons (Fsp3) is 0.364. The smallest absolute Gasteiger partial charge is 0.480 e. The number of hydrogen-bond donors (Lipinski definition) is 2. The SMILES string of the molecule is CCN(CC(=O)O)c1ccc(NS(=O)(=O)C(F)(F)F)cc1. The van der Waals surface area contributed by atoms with Crippen LogP contribution in [0.3, 0.4) is 0 Å². The van der Waals surface area contributed by atoms with Gasteiger partial charge in [-0.15, -0.1) is 0 Å². The van der Waals surface area contributed by atoms with Crippen molar-refractivity contribution in [3.8, 4) is 0 Å². The van der Waals surface area contributed by atoms with Gasteiger partial charge in [0.1, 0.15) is 6.54 Å². The number of aliphatic carboxylic acids is 1. The summed E-state index contributed by atoms with van der Waals surface area (Å²) < 4.78 is 59.8. The van der Waals surface area contributed by atoms with E-state index in [4.69, 9.17) is 5.11 Å². The molecule has 0 aromatic heterocycles. The molecule has 0 aliphatic heterocycles. The normalized spacial score (nSPS) is 12.0. The summed E-state index contributed by atoms with van der Waals surface area (Å²) in [5, 5.41) is 8.71. The van der Waals surface area contributed by atoms with Crippen molar-refractivity contribution in [3.05, 3.63) is 24.3 Å². The Morgan fingerprint density at radius 2 is 1.81 bits per heavy atom. The highest BCUT2D eigenvalue weighted by Gasteiger charge is 2.45. The maximum atomic E-state index is 12.2. The van der Waals surface area contributed by atoms with Crippen molar-refractivity contribution in [2.24, 2.45) is 0 Å². The second-order valence-corrected chi connectivity index (χ2v) is 5.68. The van der Waals surface area contributed by atoms with Gasteiger partial charge < -0.3 is 10.0 Å². The van der Waals surface area contributed by atoms with Gasteiger partial charge in [0.25, 0.3) is 0 Å². The van der Waals surface area contributed by atoms with Gasteiger partial charge in [-0.2, -0.15) is 21.6 Å². The summed E-state index contributed by atoms with van der Waals surface area (Å²) in [6.07, 6.45) is 0. The average Bonchev–Trinajstić information content (AvgIpc) is 2.35. The second kappa shape index (κ2) is 6.20. The lowest BCUT2D eigenvalue weighted by Gasteiger charge is -2.21. The number of nitrogens with zero attached hydrogens (tertiary/aromatic N) is 1. The van der Waals surface area contributed by atoms with Crippen LogP contribution in [0.5, 0.6) is 0 Å². The molecular formula is C11H13F3N2O4S. The zero-order valence-corrected chi connectivity index (χ0v) is 11.7. The Hall–Kier alpha value is -1.97. The van der Waals surface area contributed by atoms with Crippen LogP contribution in [-0.2, 0) is 14.8 Å². The Morgan fingerprint density at radius 3 is 2.19 bits per heavy atom. The molecule has 0 saturated heterocycles. The summed E-state index contributed by atoms with van der Waals surface area (Å²) in [5.41, 5.74) is -5.21. The van der Waals surface area contributed by atoms with Crippen LogP contribution >= 0.6 is 0 Å². The molecule has 6 nitrogen and oxygen atoms in total. The standard InChI is InChI=1S/C11H13F3N2O4S/c1-2-16(7-10(17)18)9-5-3-8(4-6-9)15-21(19,20)11(12,13)14/h3-6,15H,2,7H2,1H3,(H,17,18). The van der Waals surface area contributed by atoms with E-state index in [1.165, 1.54) is 21.8 Å². The molecule has 0 aliphatic rings. The molecule has 0 radical (unpaired) electrons. The molecule has 0 spiro atoms. The zero-order chi connectivity index (χ0) is 16.3. The van der Waals surface area contributed by atoms with E-state index in [1.807, 2.05) is 0 Å². The lowest BCUT2D eigenvalue weighted by atomic mass is 10.2. The Kier molecular flexibility index (Phi) is 5.05. The topological polar surface area (TPSA) is 86.7 Å². The third-order valence-electron chi connectivity index (χ3n) is 2.50. The Bertz CT molecular complexity index is 599. The van der Waals surface area contributed by atoms with E-state index in [9.17, 15) is 26.4 Å². The number of rotatable bonds is 6. The predicted octanol–water partition coefficient (Wildman–Crippen LogP) is 1.86. The van der Waals surface area contributed by atoms with Crippen LogP contribution in [0.2, 0.25) is 0 Å². The van der Waals surface area contributed by atoms with Gasteiger partial charge in [0.05, 0.1) is 0 Å². The van der Waals surface area contributed by atoms with E-state index >= 15 is 0 Å². The van der Waals surface area contributed by atoms with Gasteiger partial charge in [0, 0.05) is 17.9 Å². The number of carbonyl (C=O) groups is 1. The lowest BCUT2D eigenvalue weighted by molar-refractivity contribution is -0.135. The maximum absolute atomic E-state index is 12.2. The highest BCUT2D eigenvalue weighted by Crippen LogP contribution is 2.26. The monoisotopic (exact) mass is 326 g/mol. The van der Waals surface area contributed by atoms with E-state index in [2.05, 4.69) is 0 Å². The van der Waals surface area contributed by atoms with Crippen LogP contribution in [-0.4, -0.2) is 38.1 Å². The van der Waals surface area contributed by atoms with Gasteiger partial charge in [-0.05, 0) is 31.2 Å². The van der Waals surface area contributed by atoms with Crippen LogP contribution in [0.25, 0.3) is 0 Å². The molecule has 1 rings (SSSR count). The van der Waals surface area contributed by atoms with Crippen LogP contribution in [0.4, 0.5) is 24.5 Å². The molecule has 21 heavy (non-hydrogen) atoms. The molecule has 1 aromatic carbocycles. The highest BCUT2D eigenvalue weighted by molar-refractivity contribution is 7.93. The van der Waals surface area contributed by atoms with Gasteiger partial charge in [0.15, 0.2) is 0 Å². The molecule has 0 bridgehead atoms. The van der Waals surface area contributed by atoms with Crippen molar-refractivity contribution in [1.82, 2.24) is 0 Å². The molecule has 0 amide bonds. The molecule has 0 atom stereocenters. The first-order valence-corrected chi connectivity index (χ1v) is 7.21. The molecule has 0 fully saturated rings. The highest BCUT2D eigenvalue weighted by atomic mass is 32.2. The molecule has 0 unspecified atom stereocenters. The number of hydrogen-bond acceptors (Lipinski definition) is 4. The van der Waals surface area contributed by atoms with Gasteiger partial charge in [-0.3, -0.25) is 9.52 Å². The average molecular weight is 326 g/mol. The van der Waals surface area contributed by atoms with Gasteiger partial charge >= 0.3 is 21.5 Å². The van der Waals surface area contributed by atoms with E-state index in [-0.39, 0.29) is 12.2 Å².